The molecule has 0 saturated heterocycles. The summed E-state index contributed by atoms with van der Waals surface area (Å²) in [7, 11) is 0. The van der Waals surface area contributed by atoms with E-state index in [0.29, 0.717) is 33.3 Å². The first-order valence-corrected chi connectivity index (χ1v) is 8.65. The molecule has 0 saturated carbocycles. The van der Waals surface area contributed by atoms with Crippen molar-refractivity contribution in [3.63, 3.8) is 0 Å². The van der Waals surface area contributed by atoms with Gasteiger partial charge in [-0.1, -0.05) is 47.5 Å². The van der Waals surface area contributed by atoms with E-state index in [0.717, 1.165) is 0 Å². The van der Waals surface area contributed by atoms with Crippen molar-refractivity contribution in [2.24, 2.45) is 0 Å². The minimum atomic E-state index is 0.345. The largest absolute Gasteiger partial charge is 0.331 e. The fourth-order valence-corrected chi connectivity index (χ4v) is 2.89. The van der Waals surface area contributed by atoms with E-state index in [1.165, 1.54) is 11.1 Å². The van der Waals surface area contributed by atoms with Crippen LogP contribution in [0.25, 0.3) is 0 Å². The molecule has 1 aromatic heterocycles. The first-order chi connectivity index (χ1) is 12.0. The van der Waals surface area contributed by atoms with Crippen molar-refractivity contribution in [2.45, 2.75) is 13.5 Å². The van der Waals surface area contributed by atoms with E-state index in [9.17, 15) is 0 Å². The van der Waals surface area contributed by atoms with E-state index in [-0.39, 0.29) is 0 Å². The maximum absolute atomic E-state index is 6.12. The molecule has 0 aliphatic rings. The second kappa shape index (κ2) is 7.82. The Morgan fingerprint density at radius 2 is 1.96 bits per heavy atom. The summed E-state index contributed by atoms with van der Waals surface area (Å²) in [6.07, 6.45) is 1.66. The zero-order chi connectivity index (χ0) is 17.8. The van der Waals surface area contributed by atoms with Gasteiger partial charge in [0.2, 0.25) is 5.95 Å². The molecule has 0 aliphatic heterocycles. The van der Waals surface area contributed by atoms with Crippen LogP contribution in [0.2, 0.25) is 10.0 Å². The molecule has 0 spiro atoms. The van der Waals surface area contributed by atoms with Crippen LogP contribution in [0.4, 0.5) is 11.6 Å². The molecule has 2 N–H and O–H groups in total. The summed E-state index contributed by atoms with van der Waals surface area (Å²) in [6, 6.07) is 13.3. The van der Waals surface area contributed by atoms with Crippen molar-refractivity contribution >= 4 is 52.2 Å². The average molecular weight is 392 g/mol. The molecule has 25 heavy (non-hydrogen) atoms. The standard InChI is InChI=1S/C17H15Cl2N5S/c1-11-4-2-3-5-12(11)9-24-10-20-16(23-24)22-17(25)21-15-7-6-13(18)8-14(15)19/h2-8,10H,9H2,1H3,(H2,21,22,23,25). The summed E-state index contributed by atoms with van der Waals surface area (Å²) in [5, 5.41) is 11.7. The van der Waals surface area contributed by atoms with E-state index in [1.807, 2.05) is 12.1 Å². The van der Waals surface area contributed by atoms with Gasteiger partial charge in [-0.05, 0) is 48.5 Å². The predicted molar refractivity (Wildman–Crippen MR) is 107 cm³/mol. The molecule has 0 amide bonds. The van der Waals surface area contributed by atoms with Gasteiger partial charge in [0.15, 0.2) is 5.11 Å². The molecule has 3 aromatic rings. The van der Waals surface area contributed by atoms with Gasteiger partial charge in [0.05, 0.1) is 17.3 Å². The Morgan fingerprint density at radius 3 is 2.72 bits per heavy atom. The molecule has 0 atom stereocenters. The molecule has 5 nitrogen and oxygen atoms in total. The average Bonchev–Trinajstić information content (AvgIpc) is 2.99. The lowest BCUT2D eigenvalue weighted by Crippen LogP contribution is -2.20. The van der Waals surface area contributed by atoms with Crippen LogP contribution in [0.5, 0.6) is 0 Å². The van der Waals surface area contributed by atoms with E-state index in [4.69, 9.17) is 35.4 Å². The minimum Gasteiger partial charge on any atom is -0.331 e. The van der Waals surface area contributed by atoms with E-state index >= 15 is 0 Å². The van der Waals surface area contributed by atoms with Crippen molar-refractivity contribution in [3.8, 4) is 0 Å². The molecule has 8 heteroatoms. The summed E-state index contributed by atoms with van der Waals surface area (Å²) in [5.74, 6) is 0.413. The highest BCUT2D eigenvalue weighted by Gasteiger charge is 2.07. The zero-order valence-corrected chi connectivity index (χ0v) is 15.7. The van der Waals surface area contributed by atoms with E-state index < -0.39 is 0 Å². The maximum atomic E-state index is 6.12. The Balaban J connectivity index is 1.63. The third-order valence-corrected chi connectivity index (χ3v) is 4.29. The highest BCUT2D eigenvalue weighted by atomic mass is 35.5. The van der Waals surface area contributed by atoms with Crippen LogP contribution in [-0.4, -0.2) is 19.9 Å². The second-order valence-corrected chi connectivity index (χ2v) is 6.65. The van der Waals surface area contributed by atoms with Crippen LogP contribution in [0.1, 0.15) is 11.1 Å². The third-order valence-electron chi connectivity index (χ3n) is 3.53. The lowest BCUT2D eigenvalue weighted by molar-refractivity contribution is 0.684. The van der Waals surface area contributed by atoms with Gasteiger partial charge in [-0.3, -0.25) is 5.32 Å². The van der Waals surface area contributed by atoms with Crippen LogP contribution in [0.15, 0.2) is 48.8 Å². The highest BCUT2D eigenvalue weighted by Crippen LogP contribution is 2.25. The van der Waals surface area contributed by atoms with Crippen LogP contribution >= 0.6 is 35.4 Å². The number of nitrogens with zero attached hydrogens (tertiary/aromatic N) is 3. The predicted octanol–water partition coefficient (Wildman–Crippen LogP) is 4.75. The Hall–Kier alpha value is -2.15. The molecular weight excluding hydrogens is 377 g/mol. The number of hydrogen-bond donors (Lipinski definition) is 2. The molecular formula is C17H15Cl2N5S. The van der Waals surface area contributed by atoms with Gasteiger partial charge in [0.1, 0.15) is 6.33 Å². The van der Waals surface area contributed by atoms with Gasteiger partial charge < -0.3 is 5.32 Å². The smallest absolute Gasteiger partial charge is 0.248 e. The number of aryl methyl sites for hydroxylation is 1. The number of aromatic nitrogens is 3. The quantitative estimate of drug-likeness (QED) is 0.628. The summed E-state index contributed by atoms with van der Waals surface area (Å²) in [5.41, 5.74) is 3.05. The fraction of sp³-hybridized carbons (Fsp3) is 0.118. The van der Waals surface area contributed by atoms with Crippen molar-refractivity contribution in [1.29, 1.82) is 0 Å². The number of hydrogen-bond acceptors (Lipinski definition) is 3. The highest BCUT2D eigenvalue weighted by molar-refractivity contribution is 7.80. The Labute approximate surface area is 161 Å². The Morgan fingerprint density at radius 1 is 1.16 bits per heavy atom. The number of rotatable bonds is 4. The normalized spacial score (nSPS) is 10.5. The first kappa shape index (κ1) is 17.7. The minimum absolute atomic E-state index is 0.345. The maximum Gasteiger partial charge on any atom is 0.248 e. The monoisotopic (exact) mass is 391 g/mol. The van der Waals surface area contributed by atoms with Gasteiger partial charge in [0, 0.05) is 5.02 Å². The molecule has 128 valence electrons. The molecule has 0 bridgehead atoms. The molecule has 2 aromatic carbocycles. The van der Waals surface area contributed by atoms with Crippen LogP contribution < -0.4 is 10.6 Å². The summed E-state index contributed by atoms with van der Waals surface area (Å²) in [4.78, 5) is 4.22. The molecule has 3 rings (SSSR count). The SMILES string of the molecule is Cc1ccccc1Cn1cnc(NC(=S)Nc2ccc(Cl)cc2Cl)n1. The van der Waals surface area contributed by atoms with E-state index in [2.05, 4.69) is 39.8 Å². The zero-order valence-electron chi connectivity index (χ0n) is 13.3. The number of anilines is 2. The van der Waals surface area contributed by atoms with Gasteiger partial charge in [-0.15, -0.1) is 5.10 Å². The summed E-state index contributed by atoms with van der Waals surface area (Å²) < 4.78 is 1.75. The van der Waals surface area contributed by atoms with Crippen LogP contribution in [-0.2, 0) is 6.54 Å². The second-order valence-electron chi connectivity index (χ2n) is 5.40. The Bertz CT molecular complexity index is 910. The third kappa shape index (κ3) is 4.69. The summed E-state index contributed by atoms with van der Waals surface area (Å²) in [6.45, 7) is 2.71. The molecule has 0 fully saturated rings. The molecule has 0 aliphatic carbocycles. The van der Waals surface area contributed by atoms with Crippen LogP contribution in [0, 0.1) is 6.92 Å². The van der Waals surface area contributed by atoms with Crippen molar-refractivity contribution in [1.82, 2.24) is 14.8 Å². The Kier molecular flexibility index (Phi) is 5.53. The van der Waals surface area contributed by atoms with Crippen molar-refractivity contribution < 1.29 is 0 Å². The van der Waals surface area contributed by atoms with Gasteiger partial charge in [-0.2, -0.15) is 0 Å². The lowest BCUT2D eigenvalue weighted by Gasteiger charge is -2.09. The van der Waals surface area contributed by atoms with Crippen LogP contribution in [0.3, 0.4) is 0 Å². The first-order valence-electron chi connectivity index (χ1n) is 7.48. The van der Waals surface area contributed by atoms with Crippen molar-refractivity contribution in [3.05, 3.63) is 70.0 Å². The summed E-state index contributed by atoms with van der Waals surface area (Å²) >= 11 is 17.3. The van der Waals surface area contributed by atoms with Gasteiger partial charge in [-0.25, -0.2) is 9.67 Å². The topological polar surface area (TPSA) is 54.8 Å². The number of nitrogens with one attached hydrogen (secondary N) is 2. The number of halogens is 2. The molecule has 0 radical (unpaired) electrons. The van der Waals surface area contributed by atoms with Gasteiger partial charge in [0.25, 0.3) is 0 Å². The molecule has 0 unspecified atom stereocenters. The lowest BCUT2D eigenvalue weighted by atomic mass is 10.1. The number of thiocarbonyl (C=S) groups is 1. The molecule has 1 heterocycles. The number of benzene rings is 2. The van der Waals surface area contributed by atoms with Crippen molar-refractivity contribution in [2.75, 3.05) is 10.6 Å². The van der Waals surface area contributed by atoms with Gasteiger partial charge >= 0.3 is 0 Å². The van der Waals surface area contributed by atoms with E-state index in [1.54, 1.807) is 29.2 Å². The fourth-order valence-electron chi connectivity index (χ4n) is 2.24.